The second kappa shape index (κ2) is 21.6. The minimum Gasteiger partial charge on any atom is -0.445 e. The zero-order valence-electron chi connectivity index (χ0n) is 30.9. The van der Waals surface area contributed by atoms with E-state index in [1.807, 2.05) is 86.8 Å². The van der Waals surface area contributed by atoms with Gasteiger partial charge in [0, 0.05) is 69.6 Å². The monoisotopic (exact) mass is 745 g/mol. The number of nitrogens with zero attached hydrogens (tertiary/aromatic N) is 5. The number of aryl methyl sites for hydroxylation is 2. The number of benzene rings is 2. The number of piperazine rings is 1. The van der Waals surface area contributed by atoms with Crippen molar-refractivity contribution in [2.24, 2.45) is 0 Å². The molecule has 284 valence electrons. The largest absolute Gasteiger partial charge is 0.445 e. The van der Waals surface area contributed by atoms with E-state index in [2.05, 4.69) is 25.1 Å². The molecule has 2 aliphatic heterocycles. The lowest BCUT2D eigenvalue weighted by atomic mass is 10.1. The number of carbonyl (C=O) groups excluding carboxylic acids is 2. The fourth-order valence-corrected chi connectivity index (χ4v) is 5.75. The van der Waals surface area contributed by atoms with Gasteiger partial charge in [-0.25, -0.2) is 9.59 Å². The molecule has 4 aromatic rings. The van der Waals surface area contributed by atoms with E-state index in [1.54, 1.807) is 28.1 Å². The van der Waals surface area contributed by atoms with Crippen LogP contribution in [0.5, 0.6) is 0 Å². The van der Waals surface area contributed by atoms with Gasteiger partial charge in [-0.15, -0.1) is 0 Å². The van der Waals surface area contributed by atoms with Crippen LogP contribution < -0.4 is 0 Å². The van der Waals surface area contributed by atoms with Gasteiger partial charge in [0.1, 0.15) is 13.2 Å². The van der Waals surface area contributed by atoms with E-state index in [-0.39, 0.29) is 18.8 Å². The second-order valence-electron chi connectivity index (χ2n) is 13.0. The Morgan fingerprint density at radius 1 is 0.585 bits per heavy atom. The van der Waals surface area contributed by atoms with Gasteiger partial charge in [-0.2, -0.15) is 8.42 Å². The molecule has 4 heterocycles. The summed E-state index contributed by atoms with van der Waals surface area (Å²) in [6, 6.07) is 27.3. The first-order valence-corrected chi connectivity index (χ1v) is 19.7. The number of rotatable bonds is 9. The Bertz CT molecular complexity index is 1760. The molecule has 0 radical (unpaired) electrons. The smallest absolute Gasteiger partial charge is 0.410 e. The molecule has 0 spiro atoms. The van der Waals surface area contributed by atoms with Gasteiger partial charge in [0.25, 0.3) is 10.1 Å². The number of ether oxygens (including phenoxy) is 2. The van der Waals surface area contributed by atoms with Gasteiger partial charge >= 0.3 is 12.2 Å². The molecule has 2 aromatic carbocycles. The van der Waals surface area contributed by atoms with Gasteiger partial charge in [-0.05, 0) is 67.5 Å². The lowest BCUT2D eigenvalue weighted by Gasteiger charge is -2.34. The Hall–Kier alpha value is -4.85. The Morgan fingerprint density at radius 2 is 1.06 bits per heavy atom. The van der Waals surface area contributed by atoms with E-state index < -0.39 is 10.1 Å². The molecule has 2 fully saturated rings. The number of hydrogen-bond donors (Lipinski definition) is 0. The van der Waals surface area contributed by atoms with Gasteiger partial charge in [-0.1, -0.05) is 72.8 Å². The van der Waals surface area contributed by atoms with Gasteiger partial charge in [0.15, 0.2) is 0 Å². The normalized spacial score (nSPS) is 14.5. The van der Waals surface area contributed by atoms with Crippen LogP contribution in [0.3, 0.4) is 0 Å². The number of aromatic nitrogens is 2. The Morgan fingerprint density at radius 3 is 1.51 bits per heavy atom. The highest BCUT2D eigenvalue weighted by Gasteiger charge is 2.22. The highest BCUT2D eigenvalue weighted by Crippen LogP contribution is 2.12. The molecule has 2 aliphatic rings. The fraction of sp³-hybridized carbons (Fsp3) is 0.400. The molecule has 0 unspecified atom stereocenters. The predicted molar refractivity (Wildman–Crippen MR) is 203 cm³/mol. The molecule has 2 amide bonds. The number of carbonyl (C=O) groups is 2. The summed E-state index contributed by atoms with van der Waals surface area (Å²) in [5, 5.41) is 0. The summed E-state index contributed by atoms with van der Waals surface area (Å²) >= 11 is 0. The molecule has 6 rings (SSSR count). The van der Waals surface area contributed by atoms with Crippen molar-refractivity contribution >= 4 is 22.3 Å². The maximum atomic E-state index is 12.1. The second-order valence-corrected chi connectivity index (χ2v) is 14.6. The van der Waals surface area contributed by atoms with E-state index in [0.717, 1.165) is 79.9 Å². The van der Waals surface area contributed by atoms with Gasteiger partial charge in [-0.3, -0.25) is 19.1 Å². The first-order chi connectivity index (χ1) is 25.5. The first kappa shape index (κ1) is 40.9. The Kier molecular flexibility index (Phi) is 16.7. The number of amides is 2. The number of piperidine rings is 1. The molecule has 2 aromatic heterocycles. The standard InChI is InChI=1S/C19H23N3O2.C13H17NO2.C8H11NO3S/c1-16-7-8-18(13-20-16)14-21-9-11-22(12-10-21)19(23)24-15-17-5-3-2-4-6-17;15-13(14-9-5-2-6-10-14)16-11-12-7-3-1-4-8-12;1-7-3-4-8(5-9-7)6-12-13(2,10)11/h2-8,13H,9-12,14-15H2,1H3;1,3-4,7-8H,2,5-6,9-11H2;3-5H,6H2,1-2H3. The average molecular weight is 746 g/mol. The van der Waals surface area contributed by atoms with Gasteiger partial charge in [0.2, 0.25) is 0 Å². The maximum Gasteiger partial charge on any atom is 0.410 e. The highest BCUT2D eigenvalue weighted by atomic mass is 32.2. The van der Waals surface area contributed by atoms with Crippen molar-refractivity contribution in [1.82, 2.24) is 24.7 Å². The summed E-state index contributed by atoms with van der Waals surface area (Å²) in [4.78, 5) is 38.1. The molecule has 0 atom stereocenters. The van der Waals surface area contributed by atoms with Crippen LogP contribution in [0, 0.1) is 13.8 Å². The minimum absolute atomic E-state index is 0.0477. The van der Waals surface area contributed by atoms with Crippen LogP contribution in [0.4, 0.5) is 9.59 Å². The third kappa shape index (κ3) is 16.1. The van der Waals surface area contributed by atoms with Gasteiger partial charge < -0.3 is 19.3 Å². The third-order valence-electron chi connectivity index (χ3n) is 8.45. The van der Waals surface area contributed by atoms with Crippen LogP contribution in [0.15, 0.2) is 97.3 Å². The summed E-state index contributed by atoms with van der Waals surface area (Å²) in [5.74, 6) is 0. The molecule has 0 bridgehead atoms. The van der Waals surface area contributed by atoms with E-state index >= 15 is 0 Å². The number of pyridine rings is 2. The molecule has 0 N–H and O–H groups in total. The lowest BCUT2D eigenvalue weighted by Crippen LogP contribution is -2.48. The molecule has 0 saturated carbocycles. The number of likely N-dealkylation sites (tertiary alicyclic amines) is 1. The van der Waals surface area contributed by atoms with Crippen molar-refractivity contribution in [2.75, 3.05) is 45.5 Å². The molecule has 2 saturated heterocycles. The van der Waals surface area contributed by atoms with Crippen LogP contribution in [0.25, 0.3) is 0 Å². The first-order valence-electron chi connectivity index (χ1n) is 17.8. The topological polar surface area (TPSA) is 131 Å². The average Bonchev–Trinajstić information content (AvgIpc) is 3.18. The molecule has 12 nitrogen and oxygen atoms in total. The zero-order valence-corrected chi connectivity index (χ0v) is 31.7. The summed E-state index contributed by atoms with van der Waals surface area (Å²) in [6.07, 6.45) is 7.56. The SMILES string of the molecule is Cc1ccc(CN2CCN(C(=O)OCc3ccccc3)CC2)cn1.Cc1ccc(COS(C)(=O)=O)cn1.O=C(OCc1ccccc1)N1CCCCC1. The van der Waals surface area contributed by atoms with Crippen molar-refractivity contribution < 1.29 is 31.7 Å². The fourth-order valence-electron chi connectivity index (χ4n) is 5.40. The quantitative estimate of drug-likeness (QED) is 0.175. The Labute approximate surface area is 313 Å². The third-order valence-corrected chi connectivity index (χ3v) is 8.99. The van der Waals surface area contributed by atoms with E-state index in [4.69, 9.17) is 9.47 Å². The highest BCUT2D eigenvalue weighted by molar-refractivity contribution is 7.85. The van der Waals surface area contributed by atoms with Crippen molar-refractivity contribution in [3.63, 3.8) is 0 Å². The summed E-state index contributed by atoms with van der Waals surface area (Å²) in [5.41, 5.74) is 5.92. The van der Waals surface area contributed by atoms with E-state index in [9.17, 15) is 18.0 Å². The van der Waals surface area contributed by atoms with Crippen LogP contribution in [-0.4, -0.2) is 90.8 Å². The molecular formula is C40H51N5O7S. The van der Waals surface area contributed by atoms with E-state index in [0.29, 0.717) is 26.3 Å². The van der Waals surface area contributed by atoms with Crippen molar-refractivity contribution in [3.8, 4) is 0 Å². The molecule has 53 heavy (non-hydrogen) atoms. The van der Waals surface area contributed by atoms with Crippen LogP contribution in [0.1, 0.15) is 52.9 Å². The van der Waals surface area contributed by atoms with E-state index in [1.165, 1.54) is 12.0 Å². The van der Waals surface area contributed by atoms with Crippen LogP contribution in [-0.2, 0) is 50.1 Å². The van der Waals surface area contributed by atoms with Crippen LogP contribution in [0.2, 0.25) is 0 Å². The summed E-state index contributed by atoms with van der Waals surface area (Å²) in [6.45, 7) is 10.3. The molecular weight excluding hydrogens is 695 g/mol. The molecule has 13 heteroatoms. The van der Waals surface area contributed by atoms with Crippen molar-refractivity contribution in [2.45, 2.75) is 59.5 Å². The predicted octanol–water partition coefficient (Wildman–Crippen LogP) is 6.52. The Balaban J connectivity index is 0.000000188. The zero-order chi connectivity index (χ0) is 37.9. The van der Waals surface area contributed by atoms with Crippen molar-refractivity contribution in [1.29, 1.82) is 0 Å². The molecule has 0 aliphatic carbocycles. The number of hydrogen-bond acceptors (Lipinski definition) is 10. The summed E-state index contributed by atoms with van der Waals surface area (Å²) < 4.78 is 36.5. The van der Waals surface area contributed by atoms with Crippen molar-refractivity contribution in [3.05, 3.63) is 131 Å². The maximum absolute atomic E-state index is 12.1. The van der Waals surface area contributed by atoms with Gasteiger partial charge in [0.05, 0.1) is 12.9 Å². The lowest BCUT2D eigenvalue weighted by molar-refractivity contribution is 0.0700. The van der Waals surface area contributed by atoms with Crippen LogP contribution >= 0.6 is 0 Å². The summed E-state index contributed by atoms with van der Waals surface area (Å²) in [7, 11) is -3.36. The minimum atomic E-state index is -3.36.